The molecule has 7 heteroatoms. The highest BCUT2D eigenvalue weighted by Crippen LogP contribution is 2.20. The summed E-state index contributed by atoms with van der Waals surface area (Å²) in [5.74, 6) is 0. The second-order valence-electron chi connectivity index (χ2n) is 4.33. The fraction of sp³-hybridized carbons (Fsp3) is 0.154. The number of anilines is 1. The molecule has 20 heavy (non-hydrogen) atoms. The average molecular weight is 307 g/mol. The maximum atomic E-state index is 12.0. The maximum absolute atomic E-state index is 12.0. The lowest BCUT2D eigenvalue weighted by Gasteiger charge is -2.06. The van der Waals surface area contributed by atoms with E-state index in [2.05, 4.69) is 15.3 Å². The van der Waals surface area contributed by atoms with Gasteiger partial charge >= 0.3 is 0 Å². The van der Waals surface area contributed by atoms with E-state index >= 15 is 0 Å². The summed E-state index contributed by atoms with van der Waals surface area (Å²) in [5, 5.41) is 3.85. The maximum Gasteiger partial charge on any atom is 0.260 e. The Kier molecular flexibility index (Phi) is 3.42. The Labute approximate surface area is 123 Å². The highest BCUT2D eigenvalue weighted by Gasteiger charge is 2.04. The van der Waals surface area contributed by atoms with Crippen LogP contribution in [0.25, 0.3) is 10.9 Å². The molecule has 0 saturated heterocycles. The number of nitrogens with one attached hydrogen (secondary N) is 1. The average Bonchev–Trinajstić information content (AvgIpc) is 2.87. The normalized spacial score (nSPS) is 10.9. The smallest absolute Gasteiger partial charge is 0.260 e. The van der Waals surface area contributed by atoms with E-state index in [1.165, 1.54) is 22.2 Å². The molecule has 0 spiro atoms. The number of nitrogens with zero attached hydrogens (tertiary/aromatic N) is 3. The van der Waals surface area contributed by atoms with Gasteiger partial charge in [0.05, 0.1) is 23.8 Å². The zero-order valence-corrected chi connectivity index (χ0v) is 12.2. The van der Waals surface area contributed by atoms with Crippen LogP contribution in [0, 0.1) is 0 Å². The van der Waals surface area contributed by atoms with Crippen LogP contribution < -0.4 is 10.9 Å². The number of hydrogen-bond acceptors (Lipinski definition) is 5. The summed E-state index contributed by atoms with van der Waals surface area (Å²) >= 11 is 7.22. The Balaban J connectivity index is 1.89. The Morgan fingerprint density at radius 1 is 1.40 bits per heavy atom. The Hall–Kier alpha value is -1.92. The third kappa shape index (κ3) is 2.52. The lowest BCUT2D eigenvalue weighted by atomic mass is 10.2. The summed E-state index contributed by atoms with van der Waals surface area (Å²) in [7, 11) is 1.69. The summed E-state index contributed by atoms with van der Waals surface area (Å²) in [5.41, 5.74) is 1.51. The van der Waals surface area contributed by atoms with Crippen LogP contribution in [0.4, 0.5) is 5.69 Å². The van der Waals surface area contributed by atoms with Gasteiger partial charge in [-0.2, -0.15) is 0 Å². The Morgan fingerprint density at radius 2 is 2.25 bits per heavy atom. The fourth-order valence-electron chi connectivity index (χ4n) is 1.88. The van der Waals surface area contributed by atoms with E-state index in [0.717, 1.165) is 10.6 Å². The van der Waals surface area contributed by atoms with Gasteiger partial charge in [0.2, 0.25) is 0 Å². The SMILES string of the molecule is Cn1cnc2ccc(NCc3cnc(Cl)s3)cc2c1=O. The van der Waals surface area contributed by atoms with E-state index in [4.69, 9.17) is 11.6 Å². The monoisotopic (exact) mass is 306 g/mol. The van der Waals surface area contributed by atoms with Gasteiger partial charge in [-0.05, 0) is 18.2 Å². The van der Waals surface area contributed by atoms with Gasteiger partial charge in [-0.1, -0.05) is 11.6 Å². The van der Waals surface area contributed by atoms with Gasteiger partial charge in [0.15, 0.2) is 4.47 Å². The minimum atomic E-state index is -0.0560. The van der Waals surface area contributed by atoms with Crippen molar-refractivity contribution in [1.82, 2.24) is 14.5 Å². The molecular weight excluding hydrogens is 296 g/mol. The topological polar surface area (TPSA) is 59.8 Å². The lowest BCUT2D eigenvalue weighted by Crippen LogP contribution is -2.17. The number of hydrogen-bond donors (Lipinski definition) is 1. The first-order chi connectivity index (χ1) is 9.63. The Bertz CT molecular complexity index is 827. The van der Waals surface area contributed by atoms with Crippen LogP contribution in [-0.4, -0.2) is 14.5 Å². The van der Waals surface area contributed by atoms with Crippen molar-refractivity contribution in [3.8, 4) is 0 Å². The highest BCUT2D eigenvalue weighted by molar-refractivity contribution is 7.15. The molecule has 3 rings (SSSR count). The standard InChI is InChI=1S/C13H11ClN4OS/c1-18-7-17-11-3-2-8(4-10(11)12(18)19)15-5-9-6-16-13(14)20-9/h2-4,6-7,15H,5H2,1H3. The molecule has 3 aromatic rings. The number of rotatable bonds is 3. The number of fused-ring (bicyclic) bond motifs is 1. The molecule has 0 aliphatic heterocycles. The van der Waals surface area contributed by atoms with Crippen LogP contribution in [0.5, 0.6) is 0 Å². The van der Waals surface area contributed by atoms with Crippen molar-refractivity contribution >= 4 is 39.5 Å². The molecule has 1 N–H and O–H groups in total. The van der Waals surface area contributed by atoms with Crippen molar-refractivity contribution in [3.63, 3.8) is 0 Å². The first-order valence-corrected chi connectivity index (χ1v) is 7.12. The third-order valence-electron chi connectivity index (χ3n) is 2.91. The fourth-order valence-corrected chi connectivity index (χ4v) is 2.79. The molecule has 5 nitrogen and oxygen atoms in total. The molecular formula is C13H11ClN4OS. The number of halogens is 1. The summed E-state index contributed by atoms with van der Waals surface area (Å²) in [6.07, 6.45) is 3.26. The van der Waals surface area contributed by atoms with Gasteiger partial charge in [-0.3, -0.25) is 4.79 Å². The van der Waals surface area contributed by atoms with Gasteiger partial charge in [0, 0.05) is 23.8 Å². The molecule has 0 amide bonds. The van der Waals surface area contributed by atoms with E-state index in [1.807, 2.05) is 18.2 Å². The van der Waals surface area contributed by atoms with Crippen LogP contribution in [0.15, 0.2) is 35.5 Å². The van der Waals surface area contributed by atoms with E-state index in [9.17, 15) is 4.79 Å². The summed E-state index contributed by atoms with van der Waals surface area (Å²) in [6.45, 7) is 0.621. The van der Waals surface area contributed by atoms with E-state index in [-0.39, 0.29) is 5.56 Å². The summed E-state index contributed by atoms with van der Waals surface area (Å²) < 4.78 is 1.99. The molecule has 0 bridgehead atoms. The number of thiazole rings is 1. The van der Waals surface area contributed by atoms with Crippen LogP contribution in [0.2, 0.25) is 4.47 Å². The van der Waals surface area contributed by atoms with Crippen LogP contribution in [0.1, 0.15) is 4.88 Å². The molecule has 0 aliphatic rings. The van der Waals surface area contributed by atoms with E-state index in [0.29, 0.717) is 21.9 Å². The predicted molar refractivity (Wildman–Crippen MR) is 81.4 cm³/mol. The third-order valence-corrected chi connectivity index (χ3v) is 4.02. The largest absolute Gasteiger partial charge is 0.380 e. The van der Waals surface area contributed by atoms with Crippen molar-refractivity contribution in [1.29, 1.82) is 0 Å². The molecule has 0 radical (unpaired) electrons. The minimum absolute atomic E-state index is 0.0560. The second-order valence-corrected chi connectivity index (χ2v) is 6.02. The van der Waals surface area contributed by atoms with Crippen molar-refractivity contribution in [2.75, 3.05) is 5.32 Å². The Morgan fingerprint density at radius 3 is 3.00 bits per heavy atom. The molecule has 1 aromatic carbocycles. The van der Waals surface area contributed by atoms with Crippen molar-refractivity contribution < 1.29 is 0 Å². The zero-order chi connectivity index (χ0) is 14.1. The molecule has 0 fully saturated rings. The molecule has 0 unspecified atom stereocenters. The molecule has 0 saturated carbocycles. The molecule has 102 valence electrons. The molecule has 2 aromatic heterocycles. The van der Waals surface area contributed by atoms with Crippen LogP contribution in [0.3, 0.4) is 0 Å². The zero-order valence-electron chi connectivity index (χ0n) is 10.6. The van der Waals surface area contributed by atoms with Crippen LogP contribution in [-0.2, 0) is 13.6 Å². The molecule has 0 aliphatic carbocycles. The van der Waals surface area contributed by atoms with Crippen LogP contribution >= 0.6 is 22.9 Å². The number of aryl methyl sites for hydroxylation is 1. The summed E-state index contributed by atoms with van der Waals surface area (Å²) in [6, 6.07) is 5.55. The van der Waals surface area contributed by atoms with E-state index < -0.39 is 0 Å². The van der Waals surface area contributed by atoms with Gasteiger partial charge in [0.25, 0.3) is 5.56 Å². The van der Waals surface area contributed by atoms with Crippen molar-refractivity contribution in [2.45, 2.75) is 6.54 Å². The van der Waals surface area contributed by atoms with Crippen molar-refractivity contribution in [3.05, 3.63) is 50.4 Å². The first kappa shape index (κ1) is 13.1. The predicted octanol–water partition coefficient (Wildman–Crippen LogP) is 2.66. The van der Waals surface area contributed by atoms with Crippen molar-refractivity contribution in [2.24, 2.45) is 7.05 Å². The molecule has 0 atom stereocenters. The van der Waals surface area contributed by atoms with Gasteiger partial charge in [-0.15, -0.1) is 11.3 Å². The second kappa shape index (κ2) is 5.22. The van der Waals surface area contributed by atoms with Gasteiger partial charge < -0.3 is 9.88 Å². The lowest BCUT2D eigenvalue weighted by molar-refractivity contribution is 0.843. The minimum Gasteiger partial charge on any atom is -0.380 e. The summed E-state index contributed by atoms with van der Waals surface area (Å²) in [4.78, 5) is 21.3. The number of aromatic nitrogens is 3. The first-order valence-electron chi connectivity index (χ1n) is 5.93. The highest BCUT2D eigenvalue weighted by atomic mass is 35.5. The van der Waals surface area contributed by atoms with E-state index in [1.54, 1.807) is 13.2 Å². The number of benzene rings is 1. The quantitative estimate of drug-likeness (QED) is 0.808. The van der Waals surface area contributed by atoms with Gasteiger partial charge in [-0.25, -0.2) is 9.97 Å². The molecule has 2 heterocycles. The van der Waals surface area contributed by atoms with Gasteiger partial charge in [0.1, 0.15) is 0 Å².